The zero-order valence-corrected chi connectivity index (χ0v) is 17.4. The van der Waals surface area contributed by atoms with Crippen LogP contribution < -0.4 is 20.1 Å². The Morgan fingerprint density at radius 2 is 1.70 bits per heavy atom. The SMILES string of the molecule is CCOCCOc1ccc(NCC(=O)Nc2ccc(OCC3CCCO3)cc2)cc1. The van der Waals surface area contributed by atoms with Gasteiger partial charge in [0.25, 0.3) is 0 Å². The molecule has 2 aromatic carbocycles. The molecule has 1 atom stereocenters. The molecule has 1 aliphatic heterocycles. The van der Waals surface area contributed by atoms with E-state index in [0.29, 0.717) is 26.4 Å². The van der Waals surface area contributed by atoms with Gasteiger partial charge in [0.1, 0.15) is 24.7 Å². The predicted molar refractivity (Wildman–Crippen MR) is 116 cm³/mol. The van der Waals surface area contributed by atoms with E-state index in [2.05, 4.69) is 10.6 Å². The first-order chi connectivity index (χ1) is 14.7. The van der Waals surface area contributed by atoms with Crippen LogP contribution in [0.2, 0.25) is 0 Å². The number of benzene rings is 2. The minimum Gasteiger partial charge on any atom is -0.491 e. The van der Waals surface area contributed by atoms with E-state index < -0.39 is 0 Å². The third-order valence-electron chi connectivity index (χ3n) is 4.61. The van der Waals surface area contributed by atoms with Crippen molar-refractivity contribution in [3.63, 3.8) is 0 Å². The van der Waals surface area contributed by atoms with Crippen molar-refractivity contribution in [1.29, 1.82) is 0 Å². The number of hydrogen-bond donors (Lipinski definition) is 2. The summed E-state index contributed by atoms with van der Waals surface area (Å²) in [6.45, 7) is 5.27. The summed E-state index contributed by atoms with van der Waals surface area (Å²) in [6, 6.07) is 14.8. The molecule has 2 N–H and O–H groups in total. The van der Waals surface area contributed by atoms with E-state index in [9.17, 15) is 4.79 Å². The van der Waals surface area contributed by atoms with E-state index in [-0.39, 0.29) is 18.6 Å². The van der Waals surface area contributed by atoms with Gasteiger partial charge in [-0.3, -0.25) is 4.79 Å². The lowest BCUT2D eigenvalue weighted by Gasteiger charge is -2.12. The van der Waals surface area contributed by atoms with Gasteiger partial charge in [-0.25, -0.2) is 0 Å². The van der Waals surface area contributed by atoms with Crippen LogP contribution in [-0.2, 0) is 14.3 Å². The smallest absolute Gasteiger partial charge is 0.243 e. The Bertz CT molecular complexity index is 758. The molecular formula is C23H30N2O5. The number of hydrogen-bond acceptors (Lipinski definition) is 6. The lowest BCUT2D eigenvalue weighted by Crippen LogP contribution is -2.21. The Hall–Kier alpha value is -2.77. The first kappa shape index (κ1) is 21.9. The summed E-state index contributed by atoms with van der Waals surface area (Å²) in [5.41, 5.74) is 1.57. The fraction of sp³-hybridized carbons (Fsp3) is 0.435. The van der Waals surface area contributed by atoms with Crippen LogP contribution in [0.4, 0.5) is 11.4 Å². The van der Waals surface area contributed by atoms with Crippen LogP contribution in [0.3, 0.4) is 0 Å². The molecule has 0 aliphatic carbocycles. The predicted octanol–water partition coefficient (Wildman–Crippen LogP) is 3.71. The Labute approximate surface area is 177 Å². The van der Waals surface area contributed by atoms with Crippen molar-refractivity contribution in [2.24, 2.45) is 0 Å². The summed E-state index contributed by atoms with van der Waals surface area (Å²) < 4.78 is 22.1. The standard InChI is InChI=1S/C23H30N2O5/c1-2-27-14-15-29-20-9-5-18(6-10-20)24-16-23(26)25-19-7-11-21(12-8-19)30-17-22-4-3-13-28-22/h5-12,22,24H,2-4,13-17H2,1H3,(H,25,26). The summed E-state index contributed by atoms with van der Waals surface area (Å²) in [6.07, 6.45) is 2.33. The molecule has 3 rings (SSSR count). The molecule has 0 aromatic heterocycles. The molecule has 2 aromatic rings. The van der Waals surface area contributed by atoms with Crippen LogP contribution in [-0.4, -0.2) is 51.6 Å². The van der Waals surface area contributed by atoms with Crippen molar-refractivity contribution in [1.82, 2.24) is 0 Å². The highest BCUT2D eigenvalue weighted by Gasteiger charge is 2.15. The second kappa shape index (κ2) is 12.0. The Morgan fingerprint density at radius 3 is 2.37 bits per heavy atom. The normalized spacial score (nSPS) is 15.6. The number of rotatable bonds is 12. The van der Waals surface area contributed by atoms with Gasteiger partial charge in [-0.2, -0.15) is 0 Å². The highest BCUT2D eigenvalue weighted by Crippen LogP contribution is 2.19. The second-order valence-corrected chi connectivity index (χ2v) is 6.94. The maximum Gasteiger partial charge on any atom is 0.243 e. The molecule has 162 valence electrons. The van der Waals surface area contributed by atoms with Crippen molar-refractivity contribution in [2.45, 2.75) is 25.9 Å². The number of carbonyl (C=O) groups is 1. The molecular weight excluding hydrogens is 384 g/mol. The van der Waals surface area contributed by atoms with Gasteiger partial charge >= 0.3 is 0 Å². The van der Waals surface area contributed by atoms with Crippen molar-refractivity contribution >= 4 is 17.3 Å². The van der Waals surface area contributed by atoms with Crippen LogP contribution in [0.5, 0.6) is 11.5 Å². The Balaban J connectivity index is 1.35. The summed E-state index contributed by atoms with van der Waals surface area (Å²) in [4.78, 5) is 12.2. The van der Waals surface area contributed by atoms with Crippen molar-refractivity contribution in [3.05, 3.63) is 48.5 Å². The monoisotopic (exact) mass is 414 g/mol. The van der Waals surface area contributed by atoms with Crippen LogP contribution in [0.25, 0.3) is 0 Å². The van der Waals surface area contributed by atoms with Crippen LogP contribution in [0, 0.1) is 0 Å². The van der Waals surface area contributed by atoms with E-state index in [4.69, 9.17) is 18.9 Å². The number of nitrogens with one attached hydrogen (secondary N) is 2. The molecule has 1 saturated heterocycles. The van der Waals surface area contributed by atoms with Gasteiger partial charge in [-0.15, -0.1) is 0 Å². The molecule has 1 unspecified atom stereocenters. The van der Waals surface area contributed by atoms with Crippen LogP contribution in [0.1, 0.15) is 19.8 Å². The summed E-state index contributed by atoms with van der Waals surface area (Å²) >= 11 is 0. The van der Waals surface area contributed by atoms with Crippen molar-refractivity contribution in [3.8, 4) is 11.5 Å². The number of amides is 1. The fourth-order valence-corrected chi connectivity index (χ4v) is 3.02. The molecule has 30 heavy (non-hydrogen) atoms. The van der Waals surface area contributed by atoms with Gasteiger partial charge in [0.05, 0.1) is 19.3 Å². The van der Waals surface area contributed by atoms with Gasteiger partial charge in [0.2, 0.25) is 5.91 Å². The van der Waals surface area contributed by atoms with Gasteiger partial charge in [-0.05, 0) is 68.3 Å². The molecule has 0 radical (unpaired) electrons. The molecule has 0 bridgehead atoms. The van der Waals surface area contributed by atoms with Crippen molar-refractivity contribution < 1.29 is 23.7 Å². The average molecular weight is 415 g/mol. The first-order valence-electron chi connectivity index (χ1n) is 10.4. The quantitative estimate of drug-likeness (QED) is 0.516. The number of ether oxygens (including phenoxy) is 4. The molecule has 1 amide bonds. The number of carbonyl (C=O) groups excluding carboxylic acids is 1. The van der Waals surface area contributed by atoms with Gasteiger partial charge in [-0.1, -0.05) is 0 Å². The maximum atomic E-state index is 12.2. The van der Waals surface area contributed by atoms with Crippen molar-refractivity contribution in [2.75, 3.05) is 50.2 Å². The Kier molecular flexibility index (Phi) is 8.80. The Morgan fingerprint density at radius 1 is 1.00 bits per heavy atom. The summed E-state index contributed by atoms with van der Waals surface area (Å²) in [5.74, 6) is 1.41. The highest BCUT2D eigenvalue weighted by atomic mass is 16.5. The molecule has 1 aliphatic rings. The second-order valence-electron chi connectivity index (χ2n) is 6.94. The molecule has 7 nitrogen and oxygen atoms in total. The van der Waals surface area contributed by atoms with Gasteiger partial charge in [0, 0.05) is 24.6 Å². The average Bonchev–Trinajstić information content (AvgIpc) is 3.29. The molecule has 0 spiro atoms. The third-order valence-corrected chi connectivity index (χ3v) is 4.61. The minimum absolute atomic E-state index is 0.125. The molecule has 7 heteroatoms. The van der Waals surface area contributed by atoms with E-state index in [0.717, 1.165) is 42.3 Å². The van der Waals surface area contributed by atoms with Gasteiger partial charge in [0.15, 0.2) is 0 Å². The van der Waals surface area contributed by atoms with E-state index in [1.165, 1.54) is 0 Å². The van der Waals surface area contributed by atoms with Gasteiger partial charge < -0.3 is 29.6 Å². The molecule has 0 saturated carbocycles. The maximum absolute atomic E-state index is 12.2. The molecule has 1 fully saturated rings. The van der Waals surface area contributed by atoms with E-state index >= 15 is 0 Å². The van der Waals surface area contributed by atoms with E-state index in [1.807, 2.05) is 55.5 Å². The zero-order chi connectivity index (χ0) is 21.0. The number of anilines is 2. The van der Waals surface area contributed by atoms with Crippen LogP contribution >= 0.6 is 0 Å². The first-order valence-corrected chi connectivity index (χ1v) is 10.4. The zero-order valence-electron chi connectivity index (χ0n) is 17.4. The highest BCUT2D eigenvalue weighted by molar-refractivity contribution is 5.93. The topological polar surface area (TPSA) is 78.1 Å². The summed E-state index contributed by atoms with van der Waals surface area (Å²) in [7, 11) is 0. The largest absolute Gasteiger partial charge is 0.491 e. The third kappa shape index (κ3) is 7.57. The van der Waals surface area contributed by atoms with Crippen LogP contribution in [0.15, 0.2) is 48.5 Å². The summed E-state index contributed by atoms with van der Waals surface area (Å²) in [5, 5.41) is 5.97. The molecule has 1 heterocycles. The minimum atomic E-state index is -0.125. The van der Waals surface area contributed by atoms with E-state index in [1.54, 1.807) is 0 Å². The lowest BCUT2D eigenvalue weighted by molar-refractivity contribution is -0.114. The fourth-order valence-electron chi connectivity index (χ4n) is 3.02. The lowest BCUT2D eigenvalue weighted by atomic mass is 10.2.